The molecule has 0 spiro atoms. The minimum absolute atomic E-state index is 0.248. The summed E-state index contributed by atoms with van der Waals surface area (Å²) >= 11 is 0. The average molecular weight is 194 g/mol. The standard InChI is InChI=1S/C11H14O3/c1-3-11(13,14)10-8(2)5-4-6-9(10)7-12/h3-4,6,12-14H,1-2,5,7H2. The fourth-order valence-corrected chi connectivity index (χ4v) is 1.49. The number of allylic oxidation sites excluding steroid dienone is 1. The highest BCUT2D eigenvalue weighted by atomic mass is 16.5. The van der Waals surface area contributed by atoms with Gasteiger partial charge in [0.15, 0.2) is 0 Å². The lowest BCUT2D eigenvalue weighted by atomic mass is 9.87. The molecule has 0 saturated carbocycles. The molecule has 1 aliphatic carbocycles. The fraction of sp³-hybridized carbons (Fsp3) is 0.273. The SMILES string of the molecule is C=CC(O)(O)C1=C(CO)C=CCC1=C. The lowest BCUT2D eigenvalue weighted by molar-refractivity contribution is -0.0832. The van der Waals surface area contributed by atoms with Crippen molar-refractivity contribution in [2.24, 2.45) is 0 Å². The number of aliphatic hydroxyl groups is 3. The Bertz CT molecular complexity index is 321. The van der Waals surface area contributed by atoms with Gasteiger partial charge in [0.1, 0.15) is 0 Å². The van der Waals surface area contributed by atoms with Gasteiger partial charge in [0.05, 0.1) is 6.61 Å². The van der Waals surface area contributed by atoms with Crippen LogP contribution in [-0.4, -0.2) is 27.7 Å². The average Bonchev–Trinajstić information content (AvgIpc) is 2.17. The molecule has 0 atom stereocenters. The molecule has 76 valence electrons. The van der Waals surface area contributed by atoms with Gasteiger partial charge in [-0.3, -0.25) is 0 Å². The molecule has 3 nitrogen and oxygen atoms in total. The molecule has 0 aromatic carbocycles. The summed E-state index contributed by atoms with van der Waals surface area (Å²) in [7, 11) is 0. The van der Waals surface area contributed by atoms with E-state index in [1.54, 1.807) is 6.08 Å². The van der Waals surface area contributed by atoms with Crippen LogP contribution in [0.4, 0.5) is 0 Å². The van der Waals surface area contributed by atoms with E-state index in [2.05, 4.69) is 13.2 Å². The van der Waals surface area contributed by atoms with E-state index in [0.29, 0.717) is 17.6 Å². The lowest BCUT2D eigenvalue weighted by Gasteiger charge is -2.26. The number of aliphatic hydroxyl groups excluding tert-OH is 1. The third-order valence-corrected chi connectivity index (χ3v) is 2.18. The van der Waals surface area contributed by atoms with Gasteiger partial charge in [-0.1, -0.05) is 25.3 Å². The summed E-state index contributed by atoms with van der Waals surface area (Å²) in [4.78, 5) is 0. The molecule has 0 amide bonds. The fourth-order valence-electron chi connectivity index (χ4n) is 1.49. The van der Waals surface area contributed by atoms with E-state index in [4.69, 9.17) is 5.11 Å². The highest BCUT2D eigenvalue weighted by Crippen LogP contribution is 2.31. The second-order valence-electron chi connectivity index (χ2n) is 3.20. The van der Waals surface area contributed by atoms with Gasteiger partial charge in [-0.2, -0.15) is 0 Å². The topological polar surface area (TPSA) is 60.7 Å². The largest absolute Gasteiger partial charge is 0.392 e. The quantitative estimate of drug-likeness (QED) is 0.457. The van der Waals surface area contributed by atoms with Crippen LogP contribution in [0.1, 0.15) is 6.42 Å². The maximum atomic E-state index is 9.59. The first kappa shape index (κ1) is 10.9. The first-order valence-corrected chi connectivity index (χ1v) is 4.30. The van der Waals surface area contributed by atoms with Crippen molar-refractivity contribution in [2.75, 3.05) is 6.61 Å². The summed E-state index contributed by atoms with van der Waals surface area (Å²) in [5.41, 5.74) is 1.30. The zero-order valence-electron chi connectivity index (χ0n) is 7.90. The molecule has 0 fully saturated rings. The van der Waals surface area contributed by atoms with E-state index in [1.165, 1.54) is 0 Å². The molecule has 0 radical (unpaired) electrons. The molecule has 0 unspecified atom stereocenters. The third kappa shape index (κ3) is 1.85. The van der Waals surface area contributed by atoms with E-state index < -0.39 is 5.79 Å². The smallest absolute Gasteiger partial charge is 0.210 e. The van der Waals surface area contributed by atoms with Crippen molar-refractivity contribution < 1.29 is 15.3 Å². The van der Waals surface area contributed by atoms with Crippen LogP contribution >= 0.6 is 0 Å². The van der Waals surface area contributed by atoms with Crippen LogP contribution in [0.2, 0.25) is 0 Å². The normalized spacial score (nSPS) is 17.5. The summed E-state index contributed by atoms with van der Waals surface area (Å²) in [5, 5.41) is 28.2. The summed E-state index contributed by atoms with van der Waals surface area (Å²) in [6, 6.07) is 0. The van der Waals surface area contributed by atoms with E-state index in [1.807, 2.05) is 6.08 Å². The molecule has 0 aromatic rings. The monoisotopic (exact) mass is 194 g/mol. The highest BCUT2D eigenvalue weighted by molar-refractivity contribution is 5.49. The molecular weight excluding hydrogens is 180 g/mol. The molecule has 0 aliphatic heterocycles. The summed E-state index contributed by atoms with van der Waals surface area (Å²) in [6.07, 6.45) is 5.04. The van der Waals surface area contributed by atoms with Crippen molar-refractivity contribution in [2.45, 2.75) is 12.2 Å². The summed E-state index contributed by atoms with van der Waals surface area (Å²) < 4.78 is 0. The van der Waals surface area contributed by atoms with Gasteiger partial charge in [0.2, 0.25) is 5.79 Å². The Hall–Kier alpha value is -1.16. The third-order valence-electron chi connectivity index (χ3n) is 2.18. The zero-order chi connectivity index (χ0) is 10.8. The van der Waals surface area contributed by atoms with Gasteiger partial charge in [-0.25, -0.2) is 0 Å². The Labute approximate surface area is 83.0 Å². The lowest BCUT2D eigenvalue weighted by Crippen LogP contribution is -2.31. The summed E-state index contributed by atoms with van der Waals surface area (Å²) in [6.45, 7) is 6.80. The van der Waals surface area contributed by atoms with E-state index in [0.717, 1.165) is 6.08 Å². The van der Waals surface area contributed by atoms with Crippen molar-refractivity contribution in [1.82, 2.24) is 0 Å². The van der Waals surface area contributed by atoms with Gasteiger partial charge in [0, 0.05) is 5.57 Å². The number of hydrogen-bond donors (Lipinski definition) is 3. The van der Waals surface area contributed by atoms with E-state index >= 15 is 0 Å². The van der Waals surface area contributed by atoms with Gasteiger partial charge in [-0.15, -0.1) is 0 Å². The Morgan fingerprint density at radius 2 is 2.14 bits per heavy atom. The predicted molar refractivity (Wildman–Crippen MR) is 54.4 cm³/mol. The molecule has 0 bridgehead atoms. The first-order chi connectivity index (χ1) is 6.53. The van der Waals surface area contributed by atoms with E-state index in [-0.39, 0.29) is 12.2 Å². The molecule has 0 saturated heterocycles. The van der Waals surface area contributed by atoms with Gasteiger partial charge in [-0.05, 0) is 23.6 Å². The van der Waals surface area contributed by atoms with Crippen LogP contribution in [0.25, 0.3) is 0 Å². The highest BCUT2D eigenvalue weighted by Gasteiger charge is 2.29. The molecule has 14 heavy (non-hydrogen) atoms. The van der Waals surface area contributed by atoms with Gasteiger partial charge in [0.25, 0.3) is 0 Å². The van der Waals surface area contributed by atoms with Gasteiger partial charge >= 0.3 is 0 Å². The summed E-state index contributed by atoms with van der Waals surface area (Å²) in [5.74, 6) is -2.11. The minimum Gasteiger partial charge on any atom is -0.392 e. The number of hydrogen-bond acceptors (Lipinski definition) is 3. The number of rotatable bonds is 3. The van der Waals surface area contributed by atoms with Crippen LogP contribution in [0.3, 0.4) is 0 Å². The van der Waals surface area contributed by atoms with Crippen molar-refractivity contribution in [1.29, 1.82) is 0 Å². The zero-order valence-corrected chi connectivity index (χ0v) is 7.90. The Morgan fingerprint density at radius 1 is 1.50 bits per heavy atom. The maximum Gasteiger partial charge on any atom is 0.210 e. The Morgan fingerprint density at radius 3 is 2.64 bits per heavy atom. The second-order valence-corrected chi connectivity index (χ2v) is 3.20. The van der Waals surface area contributed by atoms with E-state index in [9.17, 15) is 10.2 Å². The second kappa shape index (κ2) is 3.92. The predicted octanol–water partition coefficient (Wildman–Crippen LogP) is 0.658. The van der Waals surface area contributed by atoms with Gasteiger partial charge < -0.3 is 15.3 Å². The van der Waals surface area contributed by atoms with Crippen molar-refractivity contribution in [3.05, 3.63) is 48.1 Å². The molecule has 0 aromatic heterocycles. The first-order valence-electron chi connectivity index (χ1n) is 4.30. The van der Waals surface area contributed by atoms with Crippen LogP contribution in [0.5, 0.6) is 0 Å². The minimum atomic E-state index is -2.11. The van der Waals surface area contributed by atoms with Crippen molar-refractivity contribution >= 4 is 0 Å². The molecular formula is C11H14O3. The Kier molecular flexibility index (Phi) is 3.06. The van der Waals surface area contributed by atoms with Crippen molar-refractivity contribution in [3.63, 3.8) is 0 Å². The van der Waals surface area contributed by atoms with Crippen LogP contribution in [-0.2, 0) is 0 Å². The van der Waals surface area contributed by atoms with Crippen LogP contribution < -0.4 is 0 Å². The molecule has 3 N–H and O–H groups in total. The maximum absolute atomic E-state index is 9.59. The molecule has 1 rings (SSSR count). The van der Waals surface area contributed by atoms with Crippen LogP contribution in [0, 0.1) is 0 Å². The Balaban J connectivity index is 3.24. The molecule has 0 heterocycles. The molecule has 1 aliphatic rings. The van der Waals surface area contributed by atoms with Crippen LogP contribution in [0.15, 0.2) is 48.1 Å². The van der Waals surface area contributed by atoms with Crippen molar-refractivity contribution in [3.8, 4) is 0 Å². The molecule has 3 heteroatoms.